The number of carbonyl (C=O) groups is 1. The average Bonchev–Trinajstić information content (AvgIpc) is 3.32. The second-order valence-electron chi connectivity index (χ2n) is 7.52. The highest BCUT2D eigenvalue weighted by atomic mass is 127. The maximum Gasteiger partial charge on any atom is 0.341 e. The van der Waals surface area contributed by atoms with E-state index < -0.39 is 5.97 Å². The van der Waals surface area contributed by atoms with Gasteiger partial charge < -0.3 is 29.6 Å². The maximum absolute atomic E-state index is 12.0. The predicted octanol–water partition coefficient (Wildman–Crippen LogP) is 3.44. The lowest BCUT2D eigenvalue weighted by Gasteiger charge is -2.18. The summed E-state index contributed by atoms with van der Waals surface area (Å²) in [6.45, 7) is 4.44. The number of guanidine groups is 1. The van der Waals surface area contributed by atoms with Crippen LogP contribution in [0, 0.1) is 6.92 Å². The van der Waals surface area contributed by atoms with E-state index in [4.69, 9.17) is 18.9 Å². The number of hydrogen-bond acceptors (Lipinski definition) is 6. The molecule has 9 heteroatoms. The fraction of sp³-hybridized carbons (Fsp3) is 0.417. The SMILES string of the molecule is CN=C(NCc1ccc(OC)c(C(=O)OC)c1)NCc1ccc(C)cc1OC1CCOC1.I. The highest BCUT2D eigenvalue weighted by molar-refractivity contribution is 14.0. The number of aliphatic imine (C=N–C) groups is 1. The van der Waals surface area contributed by atoms with Crippen molar-refractivity contribution in [1.29, 1.82) is 0 Å². The number of rotatable bonds is 8. The van der Waals surface area contributed by atoms with Crippen molar-refractivity contribution in [2.75, 3.05) is 34.5 Å². The Morgan fingerprint density at radius 1 is 1.12 bits per heavy atom. The molecule has 3 rings (SSSR count). The molecule has 2 aromatic carbocycles. The van der Waals surface area contributed by atoms with Crippen LogP contribution < -0.4 is 20.1 Å². The first-order valence-electron chi connectivity index (χ1n) is 10.6. The standard InChI is InChI=1S/C24H31N3O5.HI/c1-16-5-7-18(22(11-16)32-19-9-10-31-15-19)14-27-24(25-2)26-13-17-6-8-21(29-3)20(12-17)23(28)30-4;/h5-8,11-12,19H,9-10,13-15H2,1-4H3,(H2,25,26,27);1H. The first-order valence-corrected chi connectivity index (χ1v) is 10.6. The van der Waals surface area contributed by atoms with Crippen molar-refractivity contribution in [3.8, 4) is 11.5 Å². The molecule has 0 aliphatic carbocycles. The summed E-state index contributed by atoms with van der Waals surface area (Å²) in [6.07, 6.45) is 0.992. The van der Waals surface area contributed by atoms with Crippen LogP contribution in [0.1, 0.15) is 33.5 Å². The first-order chi connectivity index (χ1) is 15.5. The van der Waals surface area contributed by atoms with E-state index in [-0.39, 0.29) is 30.1 Å². The molecule has 0 radical (unpaired) electrons. The lowest BCUT2D eigenvalue weighted by Crippen LogP contribution is -2.36. The molecule has 8 nitrogen and oxygen atoms in total. The van der Waals surface area contributed by atoms with Crippen LogP contribution in [0.3, 0.4) is 0 Å². The van der Waals surface area contributed by atoms with Gasteiger partial charge in [-0.1, -0.05) is 18.2 Å². The average molecular weight is 569 g/mol. The number of ether oxygens (including phenoxy) is 4. The third-order valence-corrected chi connectivity index (χ3v) is 5.20. The van der Waals surface area contributed by atoms with Crippen LogP contribution in [0.5, 0.6) is 11.5 Å². The summed E-state index contributed by atoms with van der Waals surface area (Å²) >= 11 is 0. The number of carbonyl (C=O) groups excluding carboxylic acids is 1. The summed E-state index contributed by atoms with van der Waals surface area (Å²) in [5.74, 6) is 1.53. The van der Waals surface area contributed by atoms with Crippen LogP contribution in [-0.4, -0.2) is 52.5 Å². The van der Waals surface area contributed by atoms with Crippen molar-refractivity contribution in [2.24, 2.45) is 4.99 Å². The molecule has 0 spiro atoms. The Kier molecular flexibility index (Phi) is 10.7. The lowest BCUT2D eigenvalue weighted by molar-refractivity contribution is 0.0597. The fourth-order valence-electron chi connectivity index (χ4n) is 3.42. The Balaban J connectivity index is 0.00000385. The topological polar surface area (TPSA) is 90.4 Å². The van der Waals surface area contributed by atoms with Crippen molar-refractivity contribution in [3.05, 3.63) is 58.7 Å². The molecule has 0 aromatic heterocycles. The smallest absolute Gasteiger partial charge is 0.341 e. The summed E-state index contributed by atoms with van der Waals surface area (Å²) in [5, 5.41) is 6.59. The predicted molar refractivity (Wildman–Crippen MR) is 138 cm³/mol. The molecule has 0 bridgehead atoms. The Labute approximate surface area is 212 Å². The fourth-order valence-corrected chi connectivity index (χ4v) is 3.42. The number of aryl methyl sites for hydroxylation is 1. The monoisotopic (exact) mass is 569 g/mol. The number of benzene rings is 2. The zero-order chi connectivity index (χ0) is 22.9. The van der Waals surface area contributed by atoms with Crippen LogP contribution in [-0.2, 0) is 22.6 Å². The molecule has 2 aromatic rings. The molecular weight excluding hydrogens is 537 g/mol. The largest absolute Gasteiger partial charge is 0.496 e. The van der Waals surface area contributed by atoms with E-state index in [1.807, 2.05) is 13.0 Å². The van der Waals surface area contributed by atoms with E-state index in [2.05, 4.69) is 33.8 Å². The van der Waals surface area contributed by atoms with Crippen molar-refractivity contribution >= 4 is 35.9 Å². The van der Waals surface area contributed by atoms with Gasteiger partial charge in [-0.3, -0.25) is 4.99 Å². The van der Waals surface area contributed by atoms with Crippen LogP contribution in [0.4, 0.5) is 0 Å². The van der Waals surface area contributed by atoms with Gasteiger partial charge in [-0.2, -0.15) is 0 Å². The lowest BCUT2D eigenvalue weighted by atomic mass is 10.1. The maximum atomic E-state index is 12.0. The summed E-state index contributed by atoms with van der Waals surface area (Å²) in [4.78, 5) is 16.3. The second kappa shape index (κ2) is 13.2. The van der Waals surface area contributed by atoms with E-state index in [9.17, 15) is 4.79 Å². The van der Waals surface area contributed by atoms with E-state index >= 15 is 0 Å². The molecule has 1 saturated heterocycles. The molecule has 1 aliphatic rings. The van der Waals surface area contributed by atoms with Crippen LogP contribution >= 0.6 is 24.0 Å². The minimum absolute atomic E-state index is 0. The minimum Gasteiger partial charge on any atom is -0.496 e. The first kappa shape index (κ1) is 26.7. The molecule has 0 amide bonds. The zero-order valence-corrected chi connectivity index (χ0v) is 21.8. The van der Waals surface area contributed by atoms with Gasteiger partial charge in [-0.25, -0.2) is 4.79 Å². The van der Waals surface area contributed by atoms with Gasteiger partial charge in [0.25, 0.3) is 0 Å². The normalized spacial score (nSPS) is 15.4. The van der Waals surface area contributed by atoms with Gasteiger partial charge in [-0.05, 0) is 36.2 Å². The van der Waals surface area contributed by atoms with Crippen LogP contribution in [0.15, 0.2) is 41.4 Å². The van der Waals surface area contributed by atoms with Gasteiger partial charge in [0.2, 0.25) is 0 Å². The molecule has 1 atom stereocenters. The van der Waals surface area contributed by atoms with Gasteiger partial charge >= 0.3 is 5.97 Å². The van der Waals surface area contributed by atoms with E-state index in [0.717, 1.165) is 35.5 Å². The quantitative estimate of drug-likeness (QED) is 0.218. The van der Waals surface area contributed by atoms with Gasteiger partial charge in [0.15, 0.2) is 5.96 Å². The third-order valence-electron chi connectivity index (χ3n) is 5.20. The third kappa shape index (κ3) is 7.50. The van der Waals surface area contributed by atoms with E-state index in [1.165, 1.54) is 14.2 Å². The van der Waals surface area contributed by atoms with Gasteiger partial charge in [0, 0.05) is 32.1 Å². The number of nitrogens with one attached hydrogen (secondary N) is 2. The Morgan fingerprint density at radius 2 is 1.91 bits per heavy atom. The molecule has 1 heterocycles. The number of nitrogens with zero attached hydrogens (tertiary/aromatic N) is 1. The Bertz CT molecular complexity index is 961. The van der Waals surface area contributed by atoms with Crippen molar-refractivity contribution < 1.29 is 23.7 Å². The molecular formula is C24H32IN3O5. The van der Waals surface area contributed by atoms with Crippen molar-refractivity contribution in [2.45, 2.75) is 32.5 Å². The van der Waals surface area contributed by atoms with Gasteiger partial charge in [-0.15, -0.1) is 24.0 Å². The number of halogens is 1. The second-order valence-corrected chi connectivity index (χ2v) is 7.52. The summed E-state index contributed by atoms with van der Waals surface area (Å²) in [6, 6.07) is 11.6. The Hall–Kier alpha value is -2.53. The van der Waals surface area contributed by atoms with Gasteiger partial charge in [0.05, 0.1) is 27.4 Å². The van der Waals surface area contributed by atoms with Gasteiger partial charge in [0.1, 0.15) is 23.2 Å². The highest BCUT2D eigenvalue weighted by Crippen LogP contribution is 2.24. The Morgan fingerprint density at radius 3 is 2.58 bits per heavy atom. The van der Waals surface area contributed by atoms with E-state index in [1.54, 1.807) is 19.2 Å². The number of methoxy groups -OCH3 is 2. The summed E-state index contributed by atoms with van der Waals surface area (Å²) in [5.41, 5.74) is 3.47. The summed E-state index contributed by atoms with van der Waals surface area (Å²) in [7, 11) is 4.58. The summed E-state index contributed by atoms with van der Waals surface area (Å²) < 4.78 is 21.7. The van der Waals surface area contributed by atoms with Crippen molar-refractivity contribution in [1.82, 2.24) is 10.6 Å². The number of hydrogen-bond donors (Lipinski definition) is 2. The molecule has 1 aliphatic heterocycles. The molecule has 1 unspecified atom stereocenters. The molecule has 2 N–H and O–H groups in total. The number of esters is 1. The zero-order valence-electron chi connectivity index (χ0n) is 19.5. The minimum atomic E-state index is -0.439. The molecule has 33 heavy (non-hydrogen) atoms. The van der Waals surface area contributed by atoms with Crippen LogP contribution in [0.25, 0.3) is 0 Å². The molecule has 1 fully saturated rings. The highest BCUT2D eigenvalue weighted by Gasteiger charge is 2.19. The molecule has 180 valence electrons. The van der Waals surface area contributed by atoms with Crippen molar-refractivity contribution in [3.63, 3.8) is 0 Å². The van der Waals surface area contributed by atoms with Crippen LogP contribution in [0.2, 0.25) is 0 Å². The molecule has 0 saturated carbocycles. The van der Waals surface area contributed by atoms with E-state index in [0.29, 0.717) is 37.0 Å².